The monoisotopic (exact) mass is 436 g/mol. The molecule has 2 nitrogen and oxygen atoms in total. The minimum Gasteiger partial charge on any atom is -0.449 e. The number of nitrogens with zero attached hydrogens (tertiary/aromatic N) is 1. The largest absolute Gasteiger partial charge is 0.449 e. The molecule has 0 radical (unpaired) electrons. The van der Waals surface area contributed by atoms with Gasteiger partial charge in [-0.15, -0.1) is 0 Å². The summed E-state index contributed by atoms with van der Waals surface area (Å²) in [7, 11) is 2.21. The molecular formula is C31H34NO+. The smallest absolute Gasteiger partial charge is 0.257 e. The van der Waals surface area contributed by atoms with E-state index in [-0.39, 0.29) is 0 Å². The summed E-state index contributed by atoms with van der Waals surface area (Å²) < 4.78 is 9.23. The molecule has 0 bridgehead atoms. The quantitative estimate of drug-likeness (QED) is 0.259. The molecule has 1 aliphatic heterocycles. The Balaban J connectivity index is 1.64. The molecule has 1 fully saturated rings. The van der Waals surface area contributed by atoms with Crippen molar-refractivity contribution in [2.45, 2.75) is 65.2 Å². The minimum atomic E-state index is 0.529. The molecule has 2 aliphatic rings. The third-order valence-corrected chi connectivity index (χ3v) is 8.97. The predicted octanol–water partition coefficient (Wildman–Crippen LogP) is 8.36. The van der Waals surface area contributed by atoms with Gasteiger partial charge >= 0.3 is 0 Å². The van der Waals surface area contributed by atoms with Crippen molar-refractivity contribution in [3.05, 3.63) is 65.7 Å². The van der Waals surface area contributed by atoms with Crippen LogP contribution in [0, 0.1) is 12.3 Å². The third-order valence-electron chi connectivity index (χ3n) is 8.97. The first kappa shape index (κ1) is 20.7. The van der Waals surface area contributed by atoms with Crippen molar-refractivity contribution in [2.75, 3.05) is 0 Å². The van der Waals surface area contributed by atoms with Crippen molar-refractivity contribution in [3.63, 3.8) is 0 Å². The van der Waals surface area contributed by atoms with Crippen LogP contribution in [0.5, 0.6) is 11.5 Å². The SMILES string of the molecule is CCC1(CC)CCC(c2c3c([n+](C)c4ccccc24)-c2c(C)ccc4cccc(c24)O3)CC1. The molecule has 168 valence electrons. The highest BCUT2D eigenvalue weighted by molar-refractivity contribution is 6.05. The highest BCUT2D eigenvalue weighted by Crippen LogP contribution is 2.54. The van der Waals surface area contributed by atoms with Gasteiger partial charge in [0.15, 0.2) is 0 Å². The van der Waals surface area contributed by atoms with E-state index in [1.807, 2.05) is 0 Å². The molecule has 3 aromatic carbocycles. The fourth-order valence-electron chi connectivity index (χ4n) is 6.73. The van der Waals surface area contributed by atoms with Crippen molar-refractivity contribution >= 4 is 21.7 Å². The summed E-state index contributed by atoms with van der Waals surface area (Å²) in [5, 5.41) is 3.86. The Morgan fingerprint density at radius 1 is 0.939 bits per heavy atom. The van der Waals surface area contributed by atoms with E-state index in [2.05, 4.69) is 87.0 Å². The van der Waals surface area contributed by atoms with Crippen LogP contribution in [0.4, 0.5) is 0 Å². The number of pyridine rings is 1. The molecule has 0 spiro atoms. The number of hydrogen-bond donors (Lipinski definition) is 0. The zero-order chi connectivity index (χ0) is 22.7. The van der Waals surface area contributed by atoms with Gasteiger partial charge in [0.1, 0.15) is 12.8 Å². The second-order valence-electron chi connectivity index (χ2n) is 10.4. The molecule has 0 N–H and O–H groups in total. The predicted molar refractivity (Wildman–Crippen MR) is 137 cm³/mol. The zero-order valence-electron chi connectivity index (χ0n) is 20.4. The summed E-state index contributed by atoms with van der Waals surface area (Å²) in [6.07, 6.45) is 7.73. The van der Waals surface area contributed by atoms with Crippen LogP contribution in [0.25, 0.3) is 32.9 Å². The molecule has 0 atom stereocenters. The first-order chi connectivity index (χ1) is 16.1. The van der Waals surface area contributed by atoms with Crippen molar-refractivity contribution in [1.29, 1.82) is 0 Å². The molecule has 0 saturated heterocycles. The number of para-hydroxylation sites is 1. The van der Waals surface area contributed by atoms with Crippen LogP contribution >= 0.6 is 0 Å². The maximum Gasteiger partial charge on any atom is 0.257 e. The van der Waals surface area contributed by atoms with E-state index in [1.165, 1.54) is 82.6 Å². The summed E-state index contributed by atoms with van der Waals surface area (Å²) in [6, 6.07) is 19.9. The van der Waals surface area contributed by atoms with Crippen LogP contribution in [-0.4, -0.2) is 0 Å². The van der Waals surface area contributed by atoms with Crippen molar-refractivity contribution < 1.29 is 9.30 Å². The van der Waals surface area contributed by atoms with Gasteiger partial charge in [0.25, 0.3) is 5.69 Å². The lowest BCUT2D eigenvalue weighted by Gasteiger charge is -2.40. The van der Waals surface area contributed by atoms with Crippen LogP contribution in [0.15, 0.2) is 54.6 Å². The number of fused-ring (bicyclic) bond motifs is 3. The molecule has 1 saturated carbocycles. The van der Waals surface area contributed by atoms with Crippen LogP contribution < -0.4 is 9.30 Å². The topological polar surface area (TPSA) is 13.1 Å². The standard InChI is InChI=1S/C31H34NO/c1-5-31(6-2)18-16-22(17-19-31)27-23-11-7-8-12-24(23)32(4)29-26-20(3)14-15-21-10-9-13-25(28(21)26)33-30(27)29/h7-15,22H,5-6,16-19H2,1-4H3/q+1. The Morgan fingerprint density at radius 3 is 2.45 bits per heavy atom. The number of hydrogen-bond acceptors (Lipinski definition) is 1. The number of benzene rings is 3. The lowest BCUT2D eigenvalue weighted by Crippen LogP contribution is -2.35. The summed E-state index contributed by atoms with van der Waals surface area (Å²) in [4.78, 5) is 0. The second-order valence-corrected chi connectivity index (χ2v) is 10.4. The lowest BCUT2D eigenvalue weighted by atomic mass is 9.66. The first-order valence-electron chi connectivity index (χ1n) is 12.7. The number of rotatable bonds is 3. The van der Waals surface area contributed by atoms with E-state index in [4.69, 9.17) is 4.74 Å². The van der Waals surface area contributed by atoms with E-state index in [0.717, 1.165) is 11.5 Å². The molecule has 2 heteroatoms. The lowest BCUT2D eigenvalue weighted by molar-refractivity contribution is -0.633. The molecule has 0 unspecified atom stereocenters. The Morgan fingerprint density at radius 2 is 1.70 bits per heavy atom. The molecule has 1 aromatic heterocycles. The van der Waals surface area contributed by atoms with Gasteiger partial charge in [0.05, 0.1) is 10.9 Å². The van der Waals surface area contributed by atoms with E-state index in [9.17, 15) is 0 Å². The molecule has 4 aromatic rings. The summed E-state index contributed by atoms with van der Waals surface area (Å²) >= 11 is 0. The van der Waals surface area contributed by atoms with Gasteiger partial charge in [-0.25, -0.2) is 0 Å². The van der Waals surface area contributed by atoms with Crippen LogP contribution in [0.3, 0.4) is 0 Å². The van der Waals surface area contributed by atoms with Gasteiger partial charge in [-0.3, -0.25) is 0 Å². The highest BCUT2D eigenvalue weighted by atomic mass is 16.5. The van der Waals surface area contributed by atoms with Gasteiger partial charge in [-0.05, 0) is 67.0 Å². The third kappa shape index (κ3) is 2.96. The van der Waals surface area contributed by atoms with Gasteiger partial charge < -0.3 is 4.74 Å². The fourth-order valence-corrected chi connectivity index (χ4v) is 6.73. The normalized spacial score (nSPS) is 17.2. The van der Waals surface area contributed by atoms with Gasteiger partial charge in [0, 0.05) is 17.0 Å². The molecule has 6 rings (SSSR count). The van der Waals surface area contributed by atoms with E-state index >= 15 is 0 Å². The maximum atomic E-state index is 6.86. The highest BCUT2D eigenvalue weighted by Gasteiger charge is 2.39. The molecule has 33 heavy (non-hydrogen) atoms. The summed E-state index contributed by atoms with van der Waals surface area (Å²) in [5.74, 6) is 2.64. The molecule has 2 heterocycles. The van der Waals surface area contributed by atoms with Crippen molar-refractivity contribution in [3.8, 4) is 22.8 Å². The van der Waals surface area contributed by atoms with E-state index in [0.29, 0.717) is 11.3 Å². The zero-order valence-corrected chi connectivity index (χ0v) is 20.4. The van der Waals surface area contributed by atoms with Gasteiger partial charge in [0.2, 0.25) is 11.3 Å². The first-order valence-corrected chi connectivity index (χ1v) is 12.7. The number of aromatic nitrogens is 1. The van der Waals surface area contributed by atoms with Crippen molar-refractivity contribution in [2.24, 2.45) is 12.5 Å². The van der Waals surface area contributed by atoms with Crippen LogP contribution in [-0.2, 0) is 7.05 Å². The van der Waals surface area contributed by atoms with Crippen LogP contribution in [0.2, 0.25) is 0 Å². The Labute approximate surface area is 197 Å². The molecule has 1 aliphatic carbocycles. The fraction of sp³-hybridized carbons (Fsp3) is 0.387. The van der Waals surface area contributed by atoms with E-state index in [1.54, 1.807) is 0 Å². The average molecular weight is 437 g/mol. The average Bonchev–Trinajstić information content (AvgIpc) is 2.86. The number of ether oxygens (including phenoxy) is 1. The Bertz CT molecular complexity index is 1390. The summed E-state index contributed by atoms with van der Waals surface area (Å²) in [5.41, 5.74) is 7.16. The second kappa shape index (κ2) is 7.58. The Hall–Kier alpha value is -2.87. The maximum absolute atomic E-state index is 6.86. The summed E-state index contributed by atoms with van der Waals surface area (Å²) in [6.45, 7) is 7.01. The van der Waals surface area contributed by atoms with Gasteiger partial charge in [-0.1, -0.05) is 63.1 Å². The van der Waals surface area contributed by atoms with Crippen LogP contribution in [0.1, 0.15) is 69.4 Å². The van der Waals surface area contributed by atoms with Crippen molar-refractivity contribution in [1.82, 2.24) is 0 Å². The van der Waals surface area contributed by atoms with E-state index < -0.39 is 0 Å². The Kier molecular flexibility index (Phi) is 4.76. The molecule has 0 amide bonds. The number of aryl methyl sites for hydroxylation is 2. The van der Waals surface area contributed by atoms with Gasteiger partial charge in [-0.2, -0.15) is 4.57 Å². The minimum absolute atomic E-state index is 0.529. The molecular weight excluding hydrogens is 402 g/mol.